The van der Waals surface area contributed by atoms with Crippen LogP contribution >= 0.6 is 11.6 Å². The number of anilines is 1. The molecule has 0 bridgehead atoms. The van der Waals surface area contributed by atoms with Gasteiger partial charge in [0.05, 0.1) is 10.7 Å². The molecule has 0 aliphatic carbocycles. The summed E-state index contributed by atoms with van der Waals surface area (Å²) >= 11 is 6.44. The van der Waals surface area contributed by atoms with Gasteiger partial charge in [-0.15, -0.1) is 0 Å². The molecule has 0 saturated heterocycles. The number of benzene rings is 1. The predicted octanol–water partition coefficient (Wildman–Crippen LogP) is 4.25. The molecule has 3 heteroatoms. The van der Waals surface area contributed by atoms with E-state index in [-0.39, 0.29) is 0 Å². The summed E-state index contributed by atoms with van der Waals surface area (Å²) < 4.78 is 0. The predicted molar refractivity (Wildman–Crippen MR) is 81.7 cm³/mol. The molecule has 0 aliphatic heterocycles. The number of rotatable bonds is 6. The molecule has 0 heterocycles. The van der Waals surface area contributed by atoms with Crippen LogP contribution in [0.1, 0.15) is 45.7 Å². The van der Waals surface area contributed by atoms with Crippen molar-refractivity contribution in [3.8, 4) is 0 Å². The molecule has 102 valence electrons. The Labute approximate surface area is 116 Å². The van der Waals surface area contributed by atoms with Crippen molar-refractivity contribution in [1.29, 1.82) is 0 Å². The number of halogens is 1. The zero-order chi connectivity index (χ0) is 13.7. The van der Waals surface area contributed by atoms with Crippen molar-refractivity contribution in [3.63, 3.8) is 0 Å². The van der Waals surface area contributed by atoms with Crippen LogP contribution in [0.25, 0.3) is 0 Å². The average Bonchev–Trinajstić information content (AvgIpc) is 2.39. The van der Waals surface area contributed by atoms with Gasteiger partial charge in [0.25, 0.3) is 0 Å². The number of hydrogen-bond donors (Lipinski definition) is 1. The van der Waals surface area contributed by atoms with E-state index in [2.05, 4.69) is 56.1 Å². The molecule has 2 nitrogen and oxygen atoms in total. The van der Waals surface area contributed by atoms with Crippen LogP contribution in [-0.4, -0.2) is 19.6 Å². The fourth-order valence-corrected chi connectivity index (χ4v) is 2.43. The van der Waals surface area contributed by atoms with Gasteiger partial charge in [0.2, 0.25) is 0 Å². The van der Waals surface area contributed by atoms with E-state index in [1.807, 2.05) is 7.05 Å². The minimum absolute atomic E-state index is 0.329. The molecule has 1 aromatic rings. The van der Waals surface area contributed by atoms with Crippen molar-refractivity contribution in [1.82, 2.24) is 5.32 Å². The molecule has 0 aromatic heterocycles. The summed E-state index contributed by atoms with van der Waals surface area (Å²) in [7, 11) is 1.96. The van der Waals surface area contributed by atoms with Gasteiger partial charge in [-0.25, -0.2) is 0 Å². The van der Waals surface area contributed by atoms with E-state index in [1.165, 1.54) is 5.56 Å². The largest absolute Gasteiger partial charge is 0.368 e. The summed E-state index contributed by atoms with van der Waals surface area (Å²) in [5, 5.41) is 4.08. The van der Waals surface area contributed by atoms with Crippen molar-refractivity contribution < 1.29 is 0 Å². The first-order valence-corrected chi connectivity index (χ1v) is 7.16. The molecule has 1 rings (SSSR count). The van der Waals surface area contributed by atoms with Crippen LogP contribution in [-0.2, 0) is 0 Å². The summed E-state index contributed by atoms with van der Waals surface area (Å²) in [4.78, 5) is 2.36. The van der Waals surface area contributed by atoms with Crippen LogP contribution < -0.4 is 10.2 Å². The smallest absolute Gasteiger partial charge is 0.0642 e. The summed E-state index contributed by atoms with van der Waals surface area (Å²) in [6.45, 7) is 9.74. The quantitative estimate of drug-likeness (QED) is 0.830. The van der Waals surface area contributed by atoms with Crippen molar-refractivity contribution >= 4 is 17.3 Å². The Balaban J connectivity index is 3.03. The minimum Gasteiger partial charge on any atom is -0.368 e. The van der Waals surface area contributed by atoms with Crippen LogP contribution in [0, 0.1) is 0 Å². The molecular weight excluding hydrogens is 244 g/mol. The van der Waals surface area contributed by atoms with Crippen LogP contribution in [0.2, 0.25) is 5.02 Å². The highest BCUT2D eigenvalue weighted by atomic mass is 35.5. The lowest BCUT2D eigenvalue weighted by Gasteiger charge is -2.30. The maximum Gasteiger partial charge on any atom is 0.0642 e. The summed E-state index contributed by atoms with van der Waals surface area (Å²) in [6.07, 6.45) is 1.12. The Kier molecular flexibility index (Phi) is 5.97. The second kappa shape index (κ2) is 7.01. The number of nitrogens with zero attached hydrogens (tertiary/aromatic N) is 1. The standard InChI is InChI=1S/C15H25ClN2/c1-6-11(3)18(7-2)15-9-8-13(10-14(15)16)12(4)17-5/h8-12,17H,6-7H2,1-5H3. The van der Waals surface area contributed by atoms with E-state index in [9.17, 15) is 0 Å². The van der Waals surface area contributed by atoms with E-state index >= 15 is 0 Å². The highest BCUT2D eigenvalue weighted by Crippen LogP contribution is 2.30. The van der Waals surface area contributed by atoms with Gasteiger partial charge < -0.3 is 10.2 Å². The second-order valence-corrected chi connectivity index (χ2v) is 5.17. The zero-order valence-electron chi connectivity index (χ0n) is 12.1. The van der Waals surface area contributed by atoms with E-state index in [0.717, 1.165) is 23.7 Å². The first-order valence-electron chi connectivity index (χ1n) is 6.78. The zero-order valence-corrected chi connectivity index (χ0v) is 12.9. The van der Waals surface area contributed by atoms with Gasteiger partial charge >= 0.3 is 0 Å². The topological polar surface area (TPSA) is 15.3 Å². The van der Waals surface area contributed by atoms with Crippen LogP contribution in [0.4, 0.5) is 5.69 Å². The van der Waals surface area contributed by atoms with Crippen LogP contribution in [0.5, 0.6) is 0 Å². The van der Waals surface area contributed by atoms with Gasteiger partial charge in [-0.05, 0) is 51.9 Å². The Hall–Kier alpha value is -0.730. The molecule has 2 unspecified atom stereocenters. The molecule has 0 saturated carbocycles. The molecule has 18 heavy (non-hydrogen) atoms. The lowest BCUT2D eigenvalue weighted by Crippen LogP contribution is -2.32. The Morgan fingerprint density at radius 1 is 1.28 bits per heavy atom. The third-order valence-electron chi connectivity index (χ3n) is 3.68. The molecule has 0 spiro atoms. The SMILES string of the molecule is CCC(C)N(CC)c1ccc(C(C)NC)cc1Cl. The lowest BCUT2D eigenvalue weighted by atomic mass is 10.1. The third kappa shape index (κ3) is 3.39. The van der Waals surface area contributed by atoms with E-state index in [1.54, 1.807) is 0 Å². The van der Waals surface area contributed by atoms with Gasteiger partial charge in [0, 0.05) is 18.6 Å². The average molecular weight is 269 g/mol. The Morgan fingerprint density at radius 3 is 2.39 bits per heavy atom. The highest BCUT2D eigenvalue weighted by molar-refractivity contribution is 6.33. The normalized spacial score (nSPS) is 14.3. The molecule has 0 fully saturated rings. The van der Waals surface area contributed by atoms with Gasteiger partial charge in [-0.1, -0.05) is 24.6 Å². The fraction of sp³-hybridized carbons (Fsp3) is 0.600. The van der Waals surface area contributed by atoms with Crippen molar-refractivity contribution in [2.75, 3.05) is 18.5 Å². The van der Waals surface area contributed by atoms with Crippen LogP contribution in [0.3, 0.4) is 0 Å². The lowest BCUT2D eigenvalue weighted by molar-refractivity contribution is 0.628. The van der Waals surface area contributed by atoms with Gasteiger partial charge in [-0.2, -0.15) is 0 Å². The minimum atomic E-state index is 0.329. The van der Waals surface area contributed by atoms with E-state index in [0.29, 0.717) is 12.1 Å². The second-order valence-electron chi connectivity index (χ2n) is 4.76. The van der Waals surface area contributed by atoms with Gasteiger partial charge in [0.1, 0.15) is 0 Å². The molecular formula is C15H25ClN2. The summed E-state index contributed by atoms with van der Waals surface area (Å²) in [6, 6.07) is 7.22. The van der Waals surface area contributed by atoms with Crippen molar-refractivity contribution in [2.24, 2.45) is 0 Å². The number of nitrogens with one attached hydrogen (secondary N) is 1. The van der Waals surface area contributed by atoms with Crippen molar-refractivity contribution in [3.05, 3.63) is 28.8 Å². The molecule has 2 atom stereocenters. The van der Waals surface area contributed by atoms with Crippen LogP contribution in [0.15, 0.2) is 18.2 Å². The van der Waals surface area contributed by atoms with Gasteiger partial charge in [-0.3, -0.25) is 0 Å². The van der Waals surface area contributed by atoms with Gasteiger partial charge in [0.15, 0.2) is 0 Å². The molecule has 1 N–H and O–H groups in total. The van der Waals surface area contributed by atoms with E-state index < -0.39 is 0 Å². The molecule has 1 aromatic carbocycles. The maximum atomic E-state index is 6.44. The fourth-order valence-electron chi connectivity index (χ4n) is 2.13. The highest BCUT2D eigenvalue weighted by Gasteiger charge is 2.15. The van der Waals surface area contributed by atoms with Crippen molar-refractivity contribution in [2.45, 2.75) is 46.2 Å². The Morgan fingerprint density at radius 2 is 1.94 bits per heavy atom. The summed E-state index contributed by atoms with van der Waals surface area (Å²) in [5.41, 5.74) is 2.37. The molecule has 0 radical (unpaired) electrons. The third-order valence-corrected chi connectivity index (χ3v) is 3.98. The Bertz CT molecular complexity index is 379. The monoisotopic (exact) mass is 268 g/mol. The maximum absolute atomic E-state index is 6.44. The van der Waals surface area contributed by atoms with E-state index in [4.69, 9.17) is 11.6 Å². The molecule has 0 aliphatic rings. The summed E-state index contributed by atoms with van der Waals surface area (Å²) in [5.74, 6) is 0. The molecule has 0 amide bonds. The number of hydrogen-bond acceptors (Lipinski definition) is 2. The first kappa shape index (κ1) is 15.3. The first-order chi connectivity index (χ1) is 8.54.